The smallest absolute Gasteiger partial charge is 0.321 e. The first-order valence-electron chi connectivity index (χ1n) is 6.61. The lowest BCUT2D eigenvalue weighted by Gasteiger charge is -2.23. The van der Waals surface area contributed by atoms with Gasteiger partial charge in [0, 0.05) is 25.6 Å². The van der Waals surface area contributed by atoms with Crippen LogP contribution in [0.3, 0.4) is 0 Å². The molecule has 1 heterocycles. The molecule has 1 unspecified atom stereocenters. The first-order valence-corrected chi connectivity index (χ1v) is 6.98. The van der Waals surface area contributed by atoms with Crippen LogP contribution in [0.15, 0.2) is 18.2 Å². The fourth-order valence-electron chi connectivity index (χ4n) is 2.10. The standard InChI is InChI=1S/C14H19ClN2O3/c1-10-2-3-12(15)13(6-10)16-14(19)17-4-5-20-9-11(7-17)8-18/h2-3,6,11,18H,4-5,7-9H2,1H3,(H,16,19). The van der Waals surface area contributed by atoms with Crippen LogP contribution in [0.2, 0.25) is 5.02 Å². The number of carbonyl (C=O) groups excluding carboxylic acids is 1. The average Bonchev–Trinajstić information content (AvgIpc) is 2.68. The Balaban J connectivity index is 2.04. The van der Waals surface area contributed by atoms with Crippen molar-refractivity contribution in [1.82, 2.24) is 4.90 Å². The molecule has 6 heteroatoms. The highest BCUT2D eigenvalue weighted by molar-refractivity contribution is 6.33. The predicted molar refractivity (Wildman–Crippen MR) is 78.2 cm³/mol. The lowest BCUT2D eigenvalue weighted by molar-refractivity contribution is 0.0958. The van der Waals surface area contributed by atoms with Crippen molar-refractivity contribution in [2.24, 2.45) is 5.92 Å². The molecule has 2 rings (SSSR count). The number of rotatable bonds is 2. The summed E-state index contributed by atoms with van der Waals surface area (Å²) < 4.78 is 5.36. The number of urea groups is 1. The van der Waals surface area contributed by atoms with Gasteiger partial charge < -0.3 is 20.1 Å². The molecule has 0 bridgehead atoms. The zero-order valence-electron chi connectivity index (χ0n) is 11.4. The predicted octanol–water partition coefficient (Wildman–Crippen LogP) is 2.12. The molecule has 0 spiro atoms. The Hall–Kier alpha value is -1.30. The van der Waals surface area contributed by atoms with Crippen molar-refractivity contribution in [2.45, 2.75) is 6.92 Å². The van der Waals surface area contributed by atoms with E-state index in [0.29, 0.717) is 37.0 Å². The maximum absolute atomic E-state index is 12.3. The Labute approximate surface area is 123 Å². The first kappa shape index (κ1) is 15.1. The molecule has 5 nitrogen and oxygen atoms in total. The molecular formula is C14H19ClN2O3. The van der Waals surface area contributed by atoms with Gasteiger partial charge in [-0.05, 0) is 24.6 Å². The van der Waals surface area contributed by atoms with Gasteiger partial charge >= 0.3 is 6.03 Å². The van der Waals surface area contributed by atoms with E-state index in [0.717, 1.165) is 5.56 Å². The summed E-state index contributed by atoms with van der Waals surface area (Å²) in [4.78, 5) is 13.9. The quantitative estimate of drug-likeness (QED) is 0.879. The Kier molecular flexibility index (Phi) is 5.23. The van der Waals surface area contributed by atoms with E-state index in [-0.39, 0.29) is 18.6 Å². The molecule has 2 amide bonds. The third kappa shape index (κ3) is 3.85. The highest BCUT2D eigenvalue weighted by Crippen LogP contribution is 2.23. The van der Waals surface area contributed by atoms with Gasteiger partial charge in [-0.15, -0.1) is 0 Å². The minimum Gasteiger partial charge on any atom is -0.396 e. The van der Waals surface area contributed by atoms with E-state index >= 15 is 0 Å². The van der Waals surface area contributed by atoms with Crippen LogP contribution in [0.1, 0.15) is 5.56 Å². The zero-order chi connectivity index (χ0) is 14.5. The molecule has 20 heavy (non-hydrogen) atoms. The number of ether oxygens (including phenoxy) is 1. The van der Waals surface area contributed by atoms with Crippen LogP contribution in [-0.4, -0.2) is 48.9 Å². The SMILES string of the molecule is Cc1ccc(Cl)c(NC(=O)N2CCOCC(CO)C2)c1. The van der Waals surface area contributed by atoms with E-state index in [9.17, 15) is 9.90 Å². The Bertz CT molecular complexity index is 481. The monoisotopic (exact) mass is 298 g/mol. The fourth-order valence-corrected chi connectivity index (χ4v) is 2.27. The summed E-state index contributed by atoms with van der Waals surface area (Å²) in [6.45, 7) is 3.89. The number of nitrogens with zero attached hydrogens (tertiary/aromatic N) is 1. The number of carbonyl (C=O) groups is 1. The summed E-state index contributed by atoms with van der Waals surface area (Å²) in [6.07, 6.45) is 0. The van der Waals surface area contributed by atoms with Gasteiger partial charge in [-0.1, -0.05) is 17.7 Å². The largest absolute Gasteiger partial charge is 0.396 e. The second kappa shape index (κ2) is 6.92. The summed E-state index contributed by atoms with van der Waals surface area (Å²) in [5.74, 6) is -0.0452. The van der Waals surface area contributed by atoms with Gasteiger partial charge in [-0.25, -0.2) is 4.79 Å². The number of hydrogen-bond acceptors (Lipinski definition) is 3. The van der Waals surface area contributed by atoms with Crippen LogP contribution < -0.4 is 5.32 Å². The van der Waals surface area contributed by atoms with E-state index < -0.39 is 0 Å². The molecule has 1 aromatic carbocycles. The molecule has 0 aromatic heterocycles. The summed E-state index contributed by atoms with van der Waals surface area (Å²) in [7, 11) is 0. The zero-order valence-corrected chi connectivity index (χ0v) is 12.2. The van der Waals surface area contributed by atoms with E-state index in [2.05, 4.69) is 5.32 Å². The van der Waals surface area contributed by atoms with Gasteiger partial charge in [-0.2, -0.15) is 0 Å². The van der Waals surface area contributed by atoms with Gasteiger partial charge in [-0.3, -0.25) is 0 Å². The van der Waals surface area contributed by atoms with Crippen LogP contribution in [0, 0.1) is 12.8 Å². The third-order valence-electron chi connectivity index (χ3n) is 3.25. The van der Waals surface area contributed by atoms with E-state index in [1.807, 2.05) is 19.1 Å². The number of aryl methyl sites for hydroxylation is 1. The second-order valence-corrected chi connectivity index (χ2v) is 5.39. The number of nitrogens with one attached hydrogen (secondary N) is 1. The van der Waals surface area contributed by atoms with Crippen molar-refractivity contribution in [2.75, 3.05) is 38.2 Å². The van der Waals surface area contributed by atoms with Gasteiger partial charge in [0.05, 0.1) is 23.9 Å². The minimum atomic E-state index is -0.221. The van der Waals surface area contributed by atoms with E-state index in [1.54, 1.807) is 11.0 Å². The number of amides is 2. The van der Waals surface area contributed by atoms with Crippen molar-refractivity contribution in [3.63, 3.8) is 0 Å². The Morgan fingerprint density at radius 1 is 1.60 bits per heavy atom. The minimum absolute atomic E-state index is 0.00891. The lowest BCUT2D eigenvalue weighted by Crippen LogP contribution is -2.39. The average molecular weight is 299 g/mol. The molecule has 0 saturated carbocycles. The van der Waals surface area contributed by atoms with Crippen LogP contribution in [0.25, 0.3) is 0 Å². The molecule has 1 aliphatic rings. The van der Waals surface area contributed by atoms with Crippen LogP contribution in [0.5, 0.6) is 0 Å². The van der Waals surface area contributed by atoms with Crippen molar-refractivity contribution in [3.8, 4) is 0 Å². The molecule has 1 aromatic rings. The molecule has 2 N–H and O–H groups in total. The molecule has 1 saturated heterocycles. The highest BCUT2D eigenvalue weighted by atomic mass is 35.5. The maximum Gasteiger partial charge on any atom is 0.321 e. The van der Waals surface area contributed by atoms with Crippen LogP contribution in [0.4, 0.5) is 10.5 Å². The summed E-state index contributed by atoms with van der Waals surface area (Å²) in [5, 5.41) is 12.5. The van der Waals surface area contributed by atoms with E-state index in [1.165, 1.54) is 0 Å². The number of aliphatic hydroxyl groups excluding tert-OH is 1. The number of hydrogen-bond donors (Lipinski definition) is 2. The number of aliphatic hydroxyl groups is 1. The molecule has 0 radical (unpaired) electrons. The first-order chi connectivity index (χ1) is 9.60. The van der Waals surface area contributed by atoms with Crippen molar-refractivity contribution in [1.29, 1.82) is 0 Å². The lowest BCUT2D eigenvalue weighted by atomic mass is 10.1. The second-order valence-electron chi connectivity index (χ2n) is 4.98. The van der Waals surface area contributed by atoms with Crippen LogP contribution in [-0.2, 0) is 4.74 Å². The highest BCUT2D eigenvalue weighted by Gasteiger charge is 2.22. The molecule has 110 valence electrons. The maximum atomic E-state index is 12.3. The van der Waals surface area contributed by atoms with Gasteiger partial charge in [0.2, 0.25) is 0 Å². The Morgan fingerprint density at radius 2 is 2.40 bits per heavy atom. The van der Waals surface area contributed by atoms with Crippen molar-refractivity contribution >= 4 is 23.3 Å². The fraction of sp³-hybridized carbons (Fsp3) is 0.500. The summed E-state index contributed by atoms with van der Waals surface area (Å²) in [6, 6.07) is 5.26. The molecule has 1 aliphatic heterocycles. The molecule has 1 atom stereocenters. The third-order valence-corrected chi connectivity index (χ3v) is 3.58. The van der Waals surface area contributed by atoms with Crippen LogP contribution >= 0.6 is 11.6 Å². The normalized spacial score (nSPS) is 19.6. The summed E-state index contributed by atoms with van der Waals surface area (Å²) in [5.41, 5.74) is 1.62. The Morgan fingerprint density at radius 3 is 3.15 bits per heavy atom. The van der Waals surface area contributed by atoms with Gasteiger partial charge in [0.1, 0.15) is 0 Å². The van der Waals surface area contributed by atoms with E-state index in [4.69, 9.17) is 16.3 Å². The molecular weight excluding hydrogens is 280 g/mol. The van der Waals surface area contributed by atoms with Crippen molar-refractivity contribution < 1.29 is 14.6 Å². The van der Waals surface area contributed by atoms with Crippen molar-refractivity contribution in [3.05, 3.63) is 28.8 Å². The topological polar surface area (TPSA) is 61.8 Å². The summed E-state index contributed by atoms with van der Waals surface area (Å²) >= 11 is 6.07. The van der Waals surface area contributed by atoms with Gasteiger partial charge in [0.15, 0.2) is 0 Å². The number of anilines is 1. The van der Waals surface area contributed by atoms with Gasteiger partial charge in [0.25, 0.3) is 0 Å². The number of halogens is 1. The molecule has 1 fully saturated rings. The number of benzene rings is 1. The molecule has 0 aliphatic carbocycles.